The van der Waals surface area contributed by atoms with Gasteiger partial charge in [-0.3, -0.25) is 14.5 Å². The van der Waals surface area contributed by atoms with Crippen molar-refractivity contribution in [3.63, 3.8) is 0 Å². The zero-order valence-corrected chi connectivity index (χ0v) is 23.7. The van der Waals surface area contributed by atoms with Gasteiger partial charge in [0.15, 0.2) is 0 Å². The number of nitrogens with zero attached hydrogens (tertiary/aromatic N) is 5. The van der Waals surface area contributed by atoms with Crippen molar-refractivity contribution in [3.05, 3.63) is 96.1 Å². The molecule has 0 saturated carbocycles. The van der Waals surface area contributed by atoms with Crippen molar-refractivity contribution in [3.8, 4) is 0 Å². The number of amides is 2. The molecule has 0 radical (unpaired) electrons. The molecule has 2 N–H and O–H groups in total. The summed E-state index contributed by atoms with van der Waals surface area (Å²) in [5.41, 5.74) is 6.97. The predicted octanol–water partition coefficient (Wildman–Crippen LogP) is 5.44. The fourth-order valence-electron chi connectivity index (χ4n) is 5.19. The maximum atomic E-state index is 13.3. The summed E-state index contributed by atoms with van der Waals surface area (Å²) >= 11 is 0. The quantitative estimate of drug-likeness (QED) is 0.189. The van der Waals surface area contributed by atoms with E-state index in [0.29, 0.717) is 35.0 Å². The molecule has 0 bridgehead atoms. The molecule has 2 aromatic heterocycles. The van der Waals surface area contributed by atoms with Crippen molar-refractivity contribution in [1.82, 2.24) is 35.5 Å². The van der Waals surface area contributed by atoms with Gasteiger partial charge in [0.05, 0.1) is 56.5 Å². The molecule has 210 valence electrons. The summed E-state index contributed by atoms with van der Waals surface area (Å²) in [7, 11) is 1.90. The first-order valence-corrected chi connectivity index (χ1v) is 14.1. The van der Waals surface area contributed by atoms with Gasteiger partial charge < -0.3 is 10.6 Å². The number of hydrogen-bond acceptors (Lipinski definition) is 7. The molecule has 0 aliphatic heterocycles. The lowest BCUT2D eigenvalue weighted by atomic mass is 10.1. The predicted molar refractivity (Wildman–Crippen MR) is 165 cm³/mol. The maximum absolute atomic E-state index is 13.3. The highest BCUT2D eigenvalue weighted by molar-refractivity contribution is 5.99. The van der Waals surface area contributed by atoms with E-state index in [4.69, 9.17) is 0 Å². The lowest BCUT2D eigenvalue weighted by Crippen LogP contribution is -2.55. The molecular formula is C33H31N7O2. The number of fused-ring (bicyclic) bond motifs is 4. The third-order valence-electron chi connectivity index (χ3n) is 7.55. The van der Waals surface area contributed by atoms with Crippen LogP contribution in [0.2, 0.25) is 0 Å². The van der Waals surface area contributed by atoms with E-state index in [-0.39, 0.29) is 24.1 Å². The maximum Gasteiger partial charge on any atom is 0.252 e. The Morgan fingerprint density at radius 2 is 0.905 bits per heavy atom. The molecular weight excluding hydrogens is 526 g/mol. The molecule has 0 aliphatic carbocycles. The minimum Gasteiger partial charge on any atom is -0.336 e. The van der Waals surface area contributed by atoms with Crippen LogP contribution in [0.25, 0.3) is 44.1 Å². The molecule has 6 rings (SSSR count). The number of para-hydroxylation sites is 4. The van der Waals surface area contributed by atoms with Crippen LogP contribution in [0.5, 0.6) is 0 Å². The van der Waals surface area contributed by atoms with Crippen molar-refractivity contribution in [2.75, 3.05) is 7.05 Å². The standard InChI is InChI=1S/C33H31N7O2/c1-4-30(38-32(41)20-14-16-26-28(18-20)36-24-12-8-6-10-22(24)34-26)40(3)31(5-2)39-33(42)21-15-17-27-29(19-21)37-25-13-9-7-11-23(25)35-27/h6-19,30-31H,4-5H2,1-3H3,(H,38,41)(H,39,42). The summed E-state index contributed by atoms with van der Waals surface area (Å²) in [5.74, 6) is -0.431. The Kier molecular flexibility index (Phi) is 7.41. The van der Waals surface area contributed by atoms with Crippen LogP contribution in [0.4, 0.5) is 0 Å². The average Bonchev–Trinajstić information content (AvgIpc) is 3.02. The number of benzene rings is 4. The molecule has 0 aliphatic rings. The van der Waals surface area contributed by atoms with E-state index in [2.05, 4.69) is 30.6 Å². The van der Waals surface area contributed by atoms with Crippen LogP contribution in [0, 0.1) is 0 Å². The van der Waals surface area contributed by atoms with Gasteiger partial charge in [-0.15, -0.1) is 0 Å². The summed E-state index contributed by atoms with van der Waals surface area (Å²) in [6.45, 7) is 4.00. The van der Waals surface area contributed by atoms with Crippen molar-refractivity contribution in [2.45, 2.75) is 39.0 Å². The molecule has 0 spiro atoms. The Bertz CT molecular complexity index is 1820. The lowest BCUT2D eigenvalue weighted by molar-refractivity contribution is 0.0700. The molecule has 2 heterocycles. The normalized spacial score (nSPS) is 13.0. The summed E-state index contributed by atoms with van der Waals surface area (Å²) < 4.78 is 0. The molecule has 9 heteroatoms. The van der Waals surface area contributed by atoms with Crippen molar-refractivity contribution < 1.29 is 9.59 Å². The van der Waals surface area contributed by atoms with Crippen molar-refractivity contribution >= 4 is 55.9 Å². The van der Waals surface area contributed by atoms with E-state index in [9.17, 15) is 9.59 Å². The number of carbonyl (C=O) groups is 2. The smallest absolute Gasteiger partial charge is 0.252 e. The Hall–Kier alpha value is -5.02. The van der Waals surface area contributed by atoms with Gasteiger partial charge in [-0.1, -0.05) is 38.1 Å². The van der Waals surface area contributed by atoms with Crippen molar-refractivity contribution in [1.29, 1.82) is 0 Å². The summed E-state index contributed by atoms with van der Waals surface area (Å²) in [6, 6.07) is 26.0. The molecule has 2 amide bonds. The summed E-state index contributed by atoms with van der Waals surface area (Å²) in [6.07, 6.45) is 0.668. The van der Waals surface area contributed by atoms with Crippen LogP contribution in [0.1, 0.15) is 47.4 Å². The number of hydrogen-bond donors (Lipinski definition) is 2. The molecule has 6 aromatic rings. The second kappa shape index (κ2) is 11.5. The minimum atomic E-state index is -0.310. The van der Waals surface area contributed by atoms with Gasteiger partial charge in [-0.05, 0) is 80.6 Å². The van der Waals surface area contributed by atoms with Gasteiger partial charge in [-0.2, -0.15) is 0 Å². The van der Waals surface area contributed by atoms with E-state index in [1.165, 1.54) is 0 Å². The van der Waals surface area contributed by atoms with Crippen molar-refractivity contribution in [2.24, 2.45) is 0 Å². The van der Waals surface area contributed by atoms with E-state index >= 15 is 0 Å². The molecule has 0 fully saturated rings. The Morgan fingerprint density at radius 3 is 1.26 bits per heavy atom. The van der Waals surface area contributed by atoms with Crippen LogP contribution in [0.15, 0.2) is 84.9 Å². The molecule has 4 aromatic carbocycles. The first-order valence-electron chi connectivity index (χ1n) is 14.1. The monoisotopic (exact) mass is 557 g/mol. The highest BCUT2D eigenvalue weighted by Gasteiger charge is 2.24. The van der Waals surface area contributed by atoms with Gasteiger partial charge in [-0.25, -0.2) is 19.9 Å². The van der Waals surface area contributed by atoms with Gasteiger partial charge in [0, 0.05) is 11.1 Å². The van der Waals surface area contributed by atoms with Crippen LogP contribution < -0.4 is 10.6 Å². The Balaban J connectivity index is 1.17. The number of nitrogens with one attached hydrogen (secondary N) is 2. The number of carbonyl (C=O) groups excluding carboxylic acids is 2. The first-order chi connectivity index (χ1) is 20.4. The third kappa shape index (κ3) is 5.34. The Labute approximate surface area is 243 Å². The second-order valence-corrected chi connectivity index (χ2v) is 10.3. The zero-order chi connectivity index (χ0) is 29.2. The average molecular weight is 558 g/mol. The van der Waals surface area contributed by atoms with E-state index in [1.54, 1.807) is 24.3 Å². The van der Waals surface area contributed by atoms with Gasteiger partial charge >= 0.3 is 0 Å². The minimum absolute atomic E-state index is 0.216. The summed E-state index contributed by atoms with van der Waals surface area (Å²) in [4.78, 5) is 47.3. The van der Waals surface area contributed by atoms with Gasteiger partial charge in [0.2, 0.25) is 0 Å². The topological polar surface area (TPSA) is 113 Å². The molecule has 9 nitrogen and oxygen atoms in total. The third-order valence-corrected chi connectivity index (χ3v) is 7.55. The van der Waals surface area contributed by atoms with Crippen LogP contribution in [-0.2, 0) is 0 Å². The lowest BCUT2D eigenvalue weighted by Gasteiger charge is -2.35. The zero-order valence-electron chi connectivity index (χ0n) is 23.7. The fraction of sp³-hybridized carbons (Fsp3) is 0.212. The highest BCUT2D eigenvalue weighted by atomic mass is 16.2. The first kappa shape index (κ1) is 27.2. The van der Waals surface area contributed by atoms with Crippen LogP contribution in [-0.4, -0.2) is 56.0 Å². The molecule has 0 saturated heterocycles. The molecule has 2 atom stereocenters. The number of aromatic nitrogens is 4. The van der Waals surface area contributed by atoms with Crippen LogP contribution >= 0.6 is 0 Å². The number of rotatable bonds is 8. The summed E-state index contributed by atoms with van der Waals surface area (Å²) in [5, 5.41) is 6.25. The van der Waals surface area contributed by atoms with E-state index < -0.39 is 0 Å². The van der Waals surface area contributed by atoms with Gasteiger partial charge in [0.25, 0.3) is 11.8 Å². The second-order valence-electron chi connectivity index (χ2n) is 10.3. The SMILES string of the molecule is CCC(NC(=O)c1ccc2nc3ccccc3nc2c1)N(C)C(CC)NC(=O)c1ccc2nc3ccccc3nc2c1. The van der Waals surface area contributed by atoms with E-state index in [1.807, 2.05) is 86.5 Å². The van der Waals surface area contributed by atoms with Gasteiger partial charge in [0.1, 0.15) is 0 Å². The largest absolute Gasteiger partial charge is 0.336 e. The van der Waals surface area contributed by atoms with E-state index in [0.717, 1.165) is 33.1 Å². The highest BCUT2D eigenvalue weighted by Crippen LogP contribution is 2.19. The Morgan fingerprint density at radius 1 is 0.571 bits per heavy atom. The molecule has 42 heavy (non-hydrogen) atoms. The fourth-order valence-corrected chi connectivity index (χ4v) is 5.19. The van der Waals surface area contributed by atoms with Crippen LogP contribution in [0.3, 0.4) is 0 Å². The molecule has 2 unspecified atom stereocenters.